The summed E-state index contributed by atoms with van der Waals surface area (Å²) in [5.41, 5.74) is 4.17. The molecular formula is C7H5BrF3N. The zero-order chi connectivity index (χ0) is 9.30. The maximum absolute atomic E-state index is 12.9. The summed E-state index contributed by atoms with van der Waals surface area (Å²) in [7, 11) is 0. The van der Waals surface area contributed by atoms with Gasteiger partial charge in [0, 0.05) is 5.69 Å². The molecule has 1 aromatic carbocycles. The van der Waals surface area contributed by atoms with Crippen molar-refractivity contribution in [3.8, 4) is 0 Å². The summed E-state index contributed by atoms with van der Waals surface area (Å²) in [5.74, 6) is -0.995. The third-order valence-corrected chi connectivity index (χ3v) is 2.00. The van der Waals surface area contributed by atoms with Crippen LogP contribution in [0.4, 0.5) is 18.9 Å². The van der Waals surface area contributed by atoms with E-state index >= 15 is 0 Å². The summed E-state index contributed by atoms with van der Waals surface area (Å²) < 4.78 is 37.2. The van der Waals surface area contributed by atoms with E-state index in [1.165, 1.54) is 12.1 Å². The number of benzene rings is 1. The maximum atomic E-state index is 12.9. The van der Waals surface area contributed by atoms with Crippen LogP contribution < -0.4 is 5.73 Å². The summed E-state index contributed by atoms with van der Waals surface area (Å²) in [5, 5.41) is 0. The van der Waals surface area contributed by atoms with Crippen molar-refractivity contribution in [2.24, 2.45) is 0 Å². The van der Waals surface area contributed by atoms with Crippen molar-refractivity contribution >= 4 is 21.6 Å². The van der Waals surface area contributed by atoms with Crippen LogP contribution in [-0.4, -0.2) is 0 Å². The predicted molar refractivity (Wildman–Crippen MR) is 43.5 cm³/mol. The molecule has 1 nitrogen and oxygen atoms in total. The zero-order valence-electron chi connectivity index (χ0n) is 5.82. The van der Waals surface area contributed by atoms with Crippen LogP contribution in [0.15, 0.2) is 16.6 Å². The minimum absolute atomic E-state index is 0.00741. The number of nitrogens with two attached hydrogens (primary N) is 1. The Labute approximate surface area is 75.5 Å². The minimum Gasteiger partial charge on any atom is -0.398 e. The Hall–Kier alpha value is -0.710. The average molecular weight is 240 g/mol. The molecule has 66 valence electrons. The Kier molecular flexibility index (Phi) is 2.62. The van der Waals surface area contributed by atoms with Gasteiger partial charge in [-0.2, -0.15) is 0 Å². The largest absolute Gasteiger partial charge is 0.398 e. The normalized spacial score (nSPS) is 10.8. The highest BCUT2D eigenvalue weighted by Gasteiger charge is 2.18. The van der Waals surface area contributed by atoms with Gasteiger partial charge in [0.2, 0.25) is 0 Å². The number of anilines is 1. The predicted octanol–water partition coefficient (Wildman–Crippen LogP) is 3.11. The quantitative estimate of drug-likeness (QED) is 0.750. The summed E-state index contributed by atoms with van der Waals surface area (Å²) >= 11 is 2.78. The van der Waals surface area contributed by atoms with E-state index in [1.54, 1.807) is 0 Å². The highest BCUT2D eigenvalue weighted by atomic mass is 79.9. The molecule has 0 aromatic heterocycles. The maximum Gasteiger partial charge on any atom is 0.268 e. The number of rotatable bonds is 1. The van der Waals surface area contributed by atoms with Crippen LogP contribution in [-0.2, 0) is 0 Å². The lowest BCUT2D eigenvalue weighted by atomic mass is 10.2. The van der Waals surface area contributed by atoms with Gasteiger partial charge in [-0.05, 0) is 28.1 Å². The molecule has 0 saturated heterocycles. The summed E-state index contributed by atoms with van der Waals surface area (Å²) in [4.78, 5) is 0. The molecule has 0 bridgehead atoms. The van der Waals surface area contributed by atoms with Crippen molar-refractivity contribution in [1.29, 1.82) is 0 Å². The van der Waals surface area contributed by atoms with E-state index in [2.05, 4.69) is 15.9 Å². The highest BCUT2D eigenvalue weighted by molar-refractivity contribution is 9.10. The fraction of sp³-hybridized carbons (Fsp3) is 0.143. The Morgan fingerprint density at radius 3 is 2.33 bits per heavy atom. The number of nitrogen functional groups attached to an aromatic ring is 1. The molecule has 0 aliphatic heterocycles. The third kappa shape index (κ3) is 1.55. The topological polar surface area (TPSA) is 26.0 Å². The van der Waals surface area contributed by atoms with Crippen LogP contribution >= 0.6 is 15.9 Å². The van der Waals surface area contributed by atoms with Gasteiger partial charge in [-0.15, -0.1) is 0 Å². The number of alkyl halides is 2. The van der Waals surface area contributed by atoms with Gasteiger partial charge in [-0.25, -0.2) is 13.2 Å². The lowest BCUT2D eigenvalue weighted by molar-refractivity contribution is 0.147. The smallest absolute Gasteiger partial charge is 0.268 e. The number of halogens is 4. The Balaban J connectivity index is 3.33. The first-order valence-electron chi connectivity index (χ1n) is 3.05. The second kappa shape index (κ2) is 3.35. The summed E-state index contributed by atoms with van der Waals surface area (Å²) in [6.45, 7) is 0. The van der Waals surface area contributed by atoms with E-state index in [9.17, 15) is 13.2 Å². The molecular weight excluding hydrogens is 235 g/mol. The first-order chi connectivity index (χ1) is 5.54. The molecule has 0 amide bonds. The molecule has 0 spiro atoms. The fourth-order valence-corrected chi connectivity index (χ4v) is 1.15. The van der Waals surface area contributed by atoms with Crippen LogP contribution in [0.3, 0.4) is 0 Å². The van der Waals surface area contributed by atoms with Crippen LogP contribution in [0, 0.1) is 5.82 Å². The van der Waals surface area contributed by atoms with Crippen LogP contribution in [0.1, 0.15) is 12.0 Å². The van der Waals surface area contributed by atoms with E-state index < -0.39 is 17.8 Å². The third-order valence-electron chi connectivity index (χ3n) is 1.38. The zero-order valence-corrected chi connectivity index (χ0v) is 7.41. The fourth-order valence-electron chi connectivity index (χ4n) is 0.803. The van der Waals surface area contributed by atoms with Gasteiger partial charge < -0.3 is 5.73 Å². The SMILES string of the molecule is Nc1ccc(Br)c(F)c1C(F)F. The van der Waals surface area contributed by atoms with Gasteiger partial charge in [0.05, 0.1) is 10.0 Å². The number of hydrogen-bond acceptors (Lipinski definition) is 1. The molecule has 1 aromatic rings. The van der Waals surface area contributed by atoms with E-state index in [0.29, 0.717) is 0 Å². The van der Waals surface area contributed by atoms with Crippen molar-refractivity contribution in [2.75, 3.05) is 5.73 Å². The van der Waals surface area contributed by atoms with Crippen molar-refractivity contribution < 1.29 is 13.2 Å². The Morgan fingerprint density at radius 2 is 1.92 bits per heavy atom. The molecule has 12 heavy (non-hydrogen) atoms. The van der Waals surface area contributed by atoms with Gasteiger partial charge in [-0.3, -0.25) is 0 Å². The molecule has 0 heterocycles. The van der Waals surface area contributed by atoms with Crippen LogP contribution in [0.2, 0.25) is 0 Å². The Morgan fingerprint density at radius 1 is 1.33 bits per heavy atom. The standard InChI is InChI=1S/C7H5BrF3N/c8-3-1-2-4(12)5(6(3)9)7(10)11/h1-2,7H,12H2. The van der Waals surface area contributed by atoms with Crippen LogP contribution in [0.25, 0.3) is 0 Å². The highest BCUT2D eigenvalue weighted by Crippen LogP contribution is 2.31. The molecule has 2 N–H and O–H groups in total. The molecule has 1 rings (SSSR count). The van der Waals surface area contributed by atoms with Crippen molar-refractivity contribution in [2.45, 2.75) is 6.43 Å². The lowest BCUT2D eigenvalue weighted by Gasteiger charge is -2.06. The summed E-state index contributed by atoms with van der Waals surface area (Å²) in [6, 6.07) is 2.52. The van der Waals surface area contributed by atoms with Crippen molar-refractivity contribution in [3.05, 3.63) is 28.0 Å². The monoisotopic (exact) mass is 239 g/mol. The van der Waals surface area contributed by atoms with Crippen molar-refractivity contribution in [1.82, 2.24) is 0 Å². The van der Waals surface area contributed by atoms with Gasteiger partial charge in [-0.1, -0.05) is 0 Å². The second-order valence-corrected chi connectivity index (χ2v) is 3.02. The van der Waals surface area contributed by atoms with Gasteiger partial charge >= 0.3 is 0 Å². The molecule has 0 atom stereocenters. The average Bonchev–Trinajstić information content (AvgIpc) is 1.97. The molecule has 0 radical (unpaired) electrons. The van der Waals surface area contributed by atoms with E-state index in [0.717, 1.165) is 0 Å². The Bertz CT molecular complexity index is 301. The molecule has 0 aliphatic rings. The number of hydrogen-bond donors (Lipinski definition) is 1. The van der Waals surface area contributed by atoms with Crippen LogP contribution in [0.5, 0.6) is 0 Å². The lowest BCUT2D eigenvalue weighted by Crippen LogP contribution is -1.99. The van der Waals surface area contributed by atoms with E-state index in [1.807, 2.05) is 0 Å². The molecule has 0 unspecified atom stereocenters. The minimum atomic E-state index is -2.89. The van der Waals surface area contributed by atoms with Gasteiger partial charge in [0.1, 0.15) is 5.82 Å². The van der Waals surface area contributed by atoms with Gasteiger partial charge in [0.15, 0.2) is 0 Å². The molecule has 0 fully saturated rings. The van der Waals surface area contributed by atoms with E-state index in [-0.39, 0.29) is 10.2 Å². The van der Waals surface area contributed by atoms with E-state index in [4.69, 9.17) is 5.73 Å². The molecule has 5 heteroatoms. The second-order valence-electron chi connectivity index (χ2n) is 2.16. The molecule has 0 saturated carbocycles. The molecule has 0 aliphatic carbocycles. The van der Waals surface area contributed by atoms with Gasteiger partial charge in [0.25, 0.3) is 6.43 Å². The van der Waals surface area contributed by atoms with Crippen molar-refractivity contribution in [3.63, 3.8) is 0 Å². The first-order valence-corrected chi connectivity index (χ1v) is 3.85. The first kappa shape index (κ1) is 9.38. The summed E-state index contributed by atoms with van der Waals surface area (Å²) in [6.07, 6.45) is -2.89.